The van der Waals surface area contributed by atoms with Crippen molar-refractivity contribution in [2.24, 2.45) is 0 Å². The van der Waals surface area contributed by atoms with Gasteiger partial charge < -0.3 is 15.0 Å². The normalized spacial score (nSPS) is 22.7. The van der Waals surface area contributed by atoms with Gasteiger partial charge in [-0.05, 0) is 40.2 Å². The van der Waals surface area contributed by atoms with Crippen molar-refractivity contribution < 1.29 is 22.1 Å². The first-order valence-corrected chi connectivity index (χ1v) is 9.82. The standard InChI is InChI=1S/C15H30N2O5S/c1-11(2)16-9-7-12-13(22-23(6,19)20)8-10-17(12)14(18)21-15(3,4)5/h11-13,16H,7-10H2,1-6H3. The lowest BCUT2D eigenvalue weighted by Gasteiger charge is -2.30. The van der Waals surface area contributed by atoms with E-state index in [4.69, 9.17) is 8.92 Å². The summed E-state index contributed by atoms with van der Waals surface area (Å²) < 4.78 is 33.5. The fraction of sp³-hybridized carbons (Fsp3) is 0.933. The van der Waals surface area contributed by atoms with Gasteiger partial charge in [-0.15, -0.1) is 0 Å². The molecule has 0 bridgehead atoms. The third-order valence-corrected chi connectivity index (χ3v) is 4.00. The highest BCUT2D eigenvalue weighted by Gasteiger charge is 2.40. The number of carbonyl (C=O) groups excluding carboxylic acids is 1. The molecular weight excluding hydrogens is 320 g/mol. The number of likely N-dealkylation sites (tertiary alicyclic amines) is 1. The van der Waals surface area contributed by atoms with Gasteiger partial charge in [0, 0.05) is 12.6 Å². The first-order chi connectivity index (χ1) is 10.4. The average molecular weight is 350 g/mol. The first kappa shape index (κ1) is 20.2. The first-order valence-electron chi connectivity index (χ1n) is 8.00. The minimum Gasteiger partial charge on any atom is -0.444 e. The van der Waals surface area contributed by atoms with Crippen molar-refractivity contribution in [1.82, 2.24) is 10.2 Å². The number of amides is 1. The van der Waals surface area contributed by atoms with E-state index in [-0.39, 0.29) is 6.04 Å². The van der Waals surface area contributed by atoms with Gasteiger partial charge in [0.05, 0.1) is 18.4 Å². The van der Waals surface area contributed by atoms with E-state index in [1.54, 1.807) is 25.7 Å². The molecule has 1 fully saturated rings. The molecule has 0 aliphatic carbocycles. The van der Waals surface area contributed by atoms with Gasteiger partial charge in [0.2, 0.25) is 0 Å². The number of carbonyl (C=O) groups is 1. The van der Waals surface area contributed by atoms with E-state index in [2.05, 4.69) is 5.32 Å². The average Bonchev–Trinajstić information content (AvgIpc) is 2.67. The molecule has 0 aromatic carbocycles. The predicted molar refractivity (Wildman–Crippen MR) is 88.8 cm³/mol. The van der Waals surface area contributed by atoms with Gasteiger partial charge in [-0.2, -0.15) is 8.42 Å². The van der Waals surface area contributed by atoms with Crippen LogP contribution in [0.25, 0.3) is 0 Å². The lowest BCUT2D eigenvalue weighted by molar-refractivity contribution is 0.0165. The fourth-order valence-electron chi connectivity index (χ4n) is 2.57. The van der Waals surface area contributed by atoms with Crippen molar-refractivity contribution >= 4 is 16.2 Å². The Labute approximate surface area is 139 Å². The molecule has 0 saturated carbocycles. The smallest absolute Gasteiger partial charge is 0.410 e. The van der Waals surface area contributed by atoms with Crippen LogP contribution in [0.3, 0.4) is 0 Å². The topological polar surface area (TPSA) is 84.9 Å². The van der Waals surface area contributed by atoms with E-state index < -0.39 is 27.9 Å². The fourth-order valence-corrected chi connectivity index (χ4v) is 3.24. The zero-order valence-corrected chi connectivity index (χ0v) is 15.8. The van der Waals surface area contributed by atoms with Gasteiger partial charge in [0.15, 0.2) is 0 Å². The Morgan fingerprint density at radius 3 is 2.43 bits per heavy atom. The number of ether oxygens (including phenoxy) is 1. The molecule has 1 heterocycles. The van der Waals surface area contributed by atoms with Crippen molar-refractivity contribution in [3.8, 4) is 0 Å². The van der Waals surface area contributed by atoms with Crippen molar-refractivity contribution in [3.63, 3.8) is 0 Å². The number of nitrogens with one attached hydrogen (secondary N) is 1. The zero-order chi connectivity index (χ0) is 17.8. The van der Waals surface area contributed by atoms with E-state index in [9.17, 15) is 13.2 Å². The van der Waals surface area contributed by atoms with Gasteiger partial charge in [-0.1, -0.05) is 13.8 Å². The van der Waals surface area contributed by atoms with Crippen LogP contribution in [-0.4, -0.2) is 62.5 Å². The van der Waals surface area contributed by atoms with Crippen molar-refractivity contribution in [2.75, 3.05) is 19.3 Å². The van der Waals surface area contributed by atoms with E-state index in [1.807, 2.05) is 13.8 Å². The zero-order valence-electron chi connectivity index (χ0n) is 15.0. The summed E-state index contributed by atoms with van der Waals surface area (Å²) in [4.78, 5) is 13.9. The molecular formula is C15H30N2O5S. The molecule has 0 aromatic rings. The second-order valence-electron chi connectivity index (χ2n) is 7.27. The van der Waals surface area contributed by atoms with Crippen LogP contribution in [0.1, 0.15) is 47.5 Å². The van der Waals surface area contributed by atoms with Crippen LogP contribution < -0.4 is 5.32 Å². The highest BCUT2D eigenvalue weighted by Crippen LogP contribution is 2.26. The second-order valence-corrected chi connectivity index (χ2v) is 8.87. The summed E-state index contributed by atoms with van der Waals surface area (Å²) in [5.41, 5.74) is -0.590. The summed E-state index contributed by atoms with van der Waals surface area (Å²) in [5, 5.41) is 3.28. The minimum absolute atomic E-state index is 0.314. The van der Waals surface area contributed by atoms with E-state index in [0.717, 1.165) is 6.26 Å². The lowest BCUT2D eigenvalue weighted by Crippen LogP contribution is -2.45. The molecule has 2 atom stereocenters. The highest BCUT2D eigenvalue weighted by molar-refractivity contribution is 7.86. The SMILES string of the molecule is CC(C)NCCC1C(OS(C)(=O)=O)CCN1C(=O)OC(C)(C)C. The molecule has 23 heavy (non-hydrogen) atoms. The maximum absolute atomic E-state index is 12.4. The third-order valence-electron chi connectivity index (χ3n) is 3.40. The maximum Gasteiger partial charge on any atom is 0.410 e. The van der Waals surface area contributed by atoms with Gasteiger partial charge in [-0.25, -0.2) is 4.79 Å². The Morgan fingerprint density at radius 2 is 1.96 bits per heavy atom. The third kappa shape index (κ3) is 7.50. The van der Waals surface area contributed by atoms with Crippen molar-refractivity contribution in [1.29, 1.82) is 0 Å². The second kappa shape index (κ2) is 7.81. The summed E-state index contributed by atoms with van der Waals surface area (Å²) in [7, 11) is -3.57. The summed E-state index contributed by atoms with van der Waals surface area (Å²) in [6.07, 6.45) is 1.18. The molecule has 1 amide bonds. The number of rotatable bonds is 6. The maximum atomic E-state index is 12.4. The Balaban J connectivity index is 2.80. The van der Waals surface area contributed by atoms with Crippen LogP contribution in [0, 0.1) is 0 Å². The predicted octanol–water partition coefficient (Wildman–Crippen LogP) is 1.73. The van der Waals surface area contributed by atoms with Gasteiger partial charge >= 0.3 is 6.09 Å². The number of hydrogen-bond donors (Lipinski definition) is 1. The van der Waals surface area contributed by atoms with Crippen LogP contribution in [0.5, 0.6) is 0 Å². The van der Waals surface area contributed by atoms with E-state index in [0.29, 0.717) is 32.0 Å². The van der Waals surface area contributed by atoms with Gasteiger partial charge in [-0.3, -0.25) is 4.18 Å². The summed E-state index contributed by atoms with van der Waals surface area (Å²) in [5.74, 6) is 0. The van der Waals surface area contributed by atoms with Crippen LogP contribution in [-0.2, 0) is 19.0 Å². The molecule has 1 aliphatic heterocycles. The summed E-state index contributed by atoms with van der Waals surface area (Å²) in [6, 6.07) is 0.00600. The number of nitrogens with zero attached hydrogens (tertiary/aromatic N) is 1. The molecule has 1 rings (SSSR count). The van der Waals surface area contributed by atoms with Crippen molar-refractivity contribution in [3.05, 3.63) is 0 Å². The monoisotopic (exact) mass is 350 g/mol. The molecule has 0 radical (unpaired) electrons. The molecule has 1 saturated heterocycles. The van der Waals surface area contributed by atoms with Crippen LogP contribution in [0.2, 0.25) is 0 Å². The largest absolute Gasteiger partial charge is 0.444 e. The highest BCUT2D eigenvalue weighted by atomic mass is 32.2. The molecule has 1 N–H and O–H groups in total. The molecule has 7 nitrogen and oxygen atoms in total. The molecule has 1 aliphatic rings. The molecule has 0 spiro atoms. The van der Waals surface area contributed by atoms with Crippen LogP contribution in [0.15, 0.2) is 0 Å². The van der Waals surface area contributed by atoms with E-state index >= 15 is 0 Å². The summed E-state index contributed by atoms with van der Waals surface area (Å²) in [6.45, 7) is 10.6. The molecule has 136 valence electrons. The lowest BCUT2D eigenvalue weighted by atomic mass is 10.1. The van der Waals surface area contributed by atoms with Gasteiger partial charge in [0.25, 0.3) is 10.1 Å². The van der Waals surface area contributed by atoms with E-state index in [1.165, 1.54) is 0 Å². The Bertz CT molecular complexity index is 498. The van der Waals surface area contributed by atoms with Crippen LogP contribution >= 0.6 is 0 Å². The quantitative estimate of drug-likeness (QED) is 0.734. The Morgan fingerprint density at radius 1 is 1.35 bits per heavy atom. The van der Waals surface area contributed by atoms with Crippen molar-refractivity contribution in [2.45, 2.75) is 71.2 Å². The Kier molecular flexibility index (Phi) is 6.85. The molecule has 0 aromatic heterocycles. The minimum atomic E-state index is -3.57. The summed E-state index contributed by atoms with van der Waals surface area (Å²) >= 11 is 0. The Hall–Kier alpha value is -0.860. The number of hydrogen-bond acceptors (Lipinski definition) is 6. The van der Waals surface area contributed by atoms with Crippen LogP contribution in [0.4, 0.5) is 4.79 Å². The van der Waals surface area contributed by atoms with Gasteiger partial charge in [0.1, 0.15) is 5.60 Å². The molecule has 2 unspecified atom stereocenters. The molecule has 8 heteroatoms.